The molecule has 1 aliphatic heterocycles. The third kappa shape index (κ3) is 6.27. The molecule has 0 aliphatic carbocycles. The lowest BCUT2D eigenvalue weighted by Gasteiger charge is -2.35. The van der Waals surface area contributed by atoms with Crippen molar-refractivity contribution in [2.24, 2.45) is 4.99 Å². The quantitative estimate of drug-likeness (QED) is 0.456. The van der Waals surface area contributed by atoms with Gasteiger partial charge in [0.25, 0.3) is 0 Å². The van der Waals surface area contributed by atoms with Gasteiger partial charge in [0, 0.05) is 33.2 Å². The van der Waals surface area contributed by atoms with Crippen molar-refractivity contribution in [2.75, 3.05) is 61.2 Å². The third-order valence-electron chi connectivity index (χ3n) is 5.58. The van der Waals surface area contributed by atoms with E-state index in [0.29, 0.717) is 18.0 Å². The zero-order valence-corrected chi connectivity index (χ0v) is 19.4. The number of hydrogen-bond donors (Lipinski definition) is 2. The Balaban J connectivity index is 1.64. The number of aliphatic imine (C=N–C) groups is 1. The summed E-state index contributed by atoms with van der Waals surface area (Å²) in [6.45, 7) is 4.63. The van der Waals surface area contributed by atoms with Gasteiger partial charge >= 0.3 is 0 Å². The van der Waals surface area contributed by atoms with Gasteiger partial charge in [-0.1, -0.05) is 18.2 Å². The van der Waals surface area contributed by atoms with Crippen molar-refractivity contribution in [1.82, 2.24) is 15.5 Å². The van der Waals surface area contributed by atoms with Crippen molar-refractivity contribution in [3.8, 4) is 17.2 Å². The zero-order valence-electron chi connectivity index (χ0n) is 19.4. The summed E-state index contributed by atoms with van der Waals surface area (Å²) in [4.78, 5) is 6.84. The van der Waals surface area contributed by atoms with E-state index in [0.717, 1.165) is 50.1 Å². The van der Waals surface area contributed by atoms with Crippen molar-refractivity contribution < 1.29 is 18.9 Å². The minimum Gasteiger partial charge on any atom is -0.497 e. The maximum absolute atomic E-state index is 5.55. The zero-order chi connectivity index (χ0) is 22.8. The monoisotopic (exact) mass is 442 g/mol. The van der Waals surface area contributed by atoms with E-state index in [9.17, 15) is 0 Å². The van der Waals surface area contributed by atoms with E-state index >= 15 is 0 Å². The molecule has 0 bridgehead atoms. The molecule has 1 atom stereocenters. The summed E-state index contributed by atoms with van der Waals surface area (Å²) >= 11 is 0. The summed E-state index contributed by atoms with van der Waals surface area (Å²) in [6, 6.07) is 14.3. The van der Waals surface area contributed by atoms with E-state index < -0.39 is 0 Å². The lowest BCUT2D eigenvalue weighted by molar-refractivity contribution is 0.0170. The summed E-state index contributed by atoms with van der Waals surface area (Å²) in [6.07, 6.45) is 0. The highest BCUT2D eigenvalue weighted by Crippen LogP contribution is 2.27. The Morgan fingerprint density at radius 1 is 0.969 bits per heavy atom. The molecule has 2 N–H and O–H groups in total. The topological polar surface area (TPSA) is 76.6 Å². The first kappa shape index (κ1) is 23.7. The molecule has 1 unspecified atom stereocenters. The van der Waals surface area contributed by atoms with Gasteiger partial charge in [-0.05, 0) is 35.4 Å². The maximum atomic E-state index is 5.55. The van der Waals surface area contributed by atoms with Crippen LogP contribution in [0.15, 0.2) is 47.5 Å². The molecule has 0 spiro atoms. The largest absolute Gasteiger partial charge is 0.497 e. The molecule has 32 heavy (non-hydrogen) atoms. The molecule has 1 fully saturated rings. The van der Waals surface area contributed by atoms with Crippen molar-refractivity contribution in [3.63, 3.8) is 0 Å². The number of rotatable bonds is 9. The number of nitrogens with zero attached hydrogens (tertiary/aromatic N) is 2. The Kier molecular flexibility index (Phi) is 9.01. The molecule has 1 heterocycles. The van der Waals surface area contributed by atoms with Gasteiger partial charge < -0.3 is 29.6 Å². The Morgan fingerprint density at radius 3 is 2.31 bits per heavy atom. The van der Waals surface area contributed by atoms with Gasteiger partial charge in [-0.25, -0.2) is 0 Å². The molecular weight excluding hydrogens is 408 g/mol. The maximum Gasteiger partial charge on any atom is 0.191 e. The number of ether oxygens (including phenoxy) is 4. The number of methoxy groups -OCH3 is 3. The fourth-order valence-corrected chi connectivity index (χ4v) is 3.76. The van der Waals surface area contributed by atoms with Crippen molar-refractivity contribution in [3.05, 3.63) is 53.6 Å². The van der Waals surface area contributed by atoms with Gasteiger partial charge in [0.05, 0.1) is 40.6 Å². The van der Waals surface area contributed by atoms with Gasteiger partial charge in [0.15, 0.2) is 17.5 Å². The minimum atomic E-state index is 0.199. The lowest BCUT2D eigenvalue weighted by atomic mass is 10.0. The first-order chi connectivity index (χ1) is 15.7. The van der Waals surface area contributed by atoms with Crippen molar-refractivity contribution in [2.45, 2.75) is 12.6 Å². The standard InChI is InChI=1S/C24H34N4O4/c1-25-24(26-16-18-5-10-22(30-3)23(15-18)31-4)27-17-21(28-11-13-32-14-12-28)19-6-8-20(29-2)9-7-19/h5-10,15,21H,11-14,16-17H2,1-4H3,(H2,25,26,27). The molecule has 0 amide bonds. The summed E-state index contributed by atoms with van der Waals surface area (Å²) in [7, 11) is 6.74. The van der Waals surface area contributed by atoms with Gasteiger partial charge in [-0.2, -0.15) is 0 Å². The number of morpholine rings is 1. The second-order valence-corrected chi connectivity index (χ2v) is 7.43. The smallest absolute Gasteiger partial charge is 0.191 e. The van der Waals surface area contributed by atoms with Crippen LogP contribution >= 0.6 is 0 Å². The molecule has 0 aromatic heterocycles. The SMILES string of the molecule is CN=C(NCc1ccc(OC)c(OC)c1)NCC(c1ccc(OC)cc1)N1CCOCC1. The summed E-state index contributed by atoms with van der Waals surface area (Å²) in [5.41, 5.74) is 2.31. The van der Waals surface area contributed by atoms with Crippen LogP contribution in [0.25, 0.3) is 0 Å². The Labute approximate surface area is 190 Å². The molecule has 3 rings (SSSR count). The predicted molar refractivity (Wildman–Crippen MR) is 126 cm³/mol. The van der Waals surface area contributed by atoms with Crippen molar-refractivity contribution in [1.29, 1.82) is 0 Å². The van der Waals surface area contributed by atoms with Crippen LogP contribution in [-0.2, 0) is 11.3 Å². The van der Waals surface area contributed by atoms with E-state index in [1.54, 1.807) is 28.4 Å². The van der Waals surface area contributed by atoms with Gasteiger partial charge in [-0.15, -0.1) is 0 Å². The van der Waals surface area contributed by atoms with E-state index in [4.69, 9.17) is 18.9 Å². The third-order valence-corrected chi connectivity index (χ3v) is 5.58. The molecule has 2 aromatic rings. The number of guanidine groups is 1. The second-order valence-electron chi connectivity index (χ2n) is 7.43. The van der Waals surface area contributed by atoms with Crippen molar-refractivity contribution >= 4 is 5.96 Å². The normalized spacial score (nSPS) is 15.7. The summed E-state index contributed by atoms with van der Waals surface area (Å²) < 4.78 is 21.6. The predicted octanol–water partition coefficient (Wildman–Crippen LogP) is 2.45. The first-order valence-electron chi connectivity index (χ1n) is 10.8. The molecule has 2 aromatic carbocycles. The highest BCUT2D eigenvalue weighted by Gasteiger charge is 2.23. The molecule has 0 radical (unpaired) electrons. The summed E-state index contributed by atoms with van der Waals surface area (Å²) in [5, 5.41) is 6.87. The van der Waals surface area contributed by atoms with Crippen LogP contribution in [0.4, 0.5) is 0 Å². The van der Waals surface area contributed by atoms with Crippen LogP contribution in [0.5, 0.6) is 17.2 Å². The number of nitrogens with one attached hydrogen (secondary N) is 2. The van der Waals surface area contributed by atoms with E-state index in [-0.39, 0.29) is 6.04 Å². The molecule has 1 aliphatic rings. The highest BCUT2D eigenvalue weighted by molar-refractivity contribution is 5.79. The average molecular weight is 443 g/mol. The fourth-order valence-electron chi connectivity index (χ4n) is 3.76. The van der Waals surface area contributed by atoms with Gasteiger partial charge in [0.2, 0.25) is 0 Å². The minimum absolute atomic E-state index is 0.199. The Morgan fingerprint density at radius 2 is 1.69 bits per heavy atom. The lowest BCUT2D eigenvalue weighted by Crippen LogP contribution is -2.46. The number of benzene rings is 2. The highest BCUT2D eigenvalue weighted by atomic mass is 16.5. The molecule has 174 valence electrons. The van der Waals surface area contributed by atoms with Crippen LogP contribution in [-0.4, -0.2) is 72.1 Å². The van der Waals surface area contributed by atoms with Crippen LogP contribution in [0, 0.1) is 0 Å². The first-order valence-corrected chi connectivity index (χ1v) is 10.8. The number of hydrogen-bond acceptors (Lipinski definition) is 6. The molecule has 8 heteroatoms. The molecule has 8 nitrogen and oxygen atoms in total. The van der Waals surface area contributed by atoms with Crippen LogP contribution < -0.4 is 24.8 Å². The van der Waals surface area contributed by atoms with Gasteiger partial charge in [-0.3, -0.25) is 9.89 Å². The van der Waals surface area contributed by atoms with E-state index in [1.165, 1.54) is 5.56 Å². The fraction of sp³-hybridized carbons (Fsp3) is 0.458. The average Bonchev–Trinajstić information content (AvgIpc) is 2.86. The Hall–Kier alpha value is -2.97. The second kappa shape index (κ2) is 12.2. The molecule has 0 saturated carbocycles. The van der Waals surface area contributed by atoms with E-state index in [1.807, 2.05) is 30.3 Å². The Bertz CT molecular complexity index is 867. The van der Waals surface area contributed by atoms with Gasteiger partial charge in [0.1, 0.15) is 5.75 Å². The van der Waals surface area contributed by atoms with E-state index in [2.05, 4.69) is 32.7 Å². The van der Waals surface area contributed by atoms with Crippen LogP contribution in [0.2, 0.25) is 0 Å². The van der Waals surface area contributed by atoms with Crippen LogP contribution in [0.3, 0.4) is 0 Å². The van der Waals surface area contributed by atoms with Crippen LogP contribution in [0.1, 0.15) is 17.2 Å². The summed E-state index contributed by atoms with van der Waals surface area (Å²) in [5.74, 6) is 3.02. The molecule has 1 saturated heterocycles. The molecular formula is C24H34N4O4.